The lowest BCUT2D eigenvalue weighted by Gasteiger charge is -2.31. The van der Waals surface area contributed by atoms with E-state index < -0.39 is 16.2 Å². The lowest BCUT2D eigenvalue weighted by Crippen LogP contribution is -2.50. The van der Waals surface area contributed by atoms with Crippen LogP contribution in [-0.2, 0) is 10.2 Å². The van der Waals surface area contributed by atoms with E-state index in [0.717, 1.165) is 19.3 Å². The fourth-order valence-electron chi connectivity index (χ4n) is 5.22. The van der Waals surface area contributed by atoms with Crippen molar-refractivity contribution in [1.82, 2.24) is 24.6 Å². The maximum Gasteiger partial charge on any atom is 0.329 e. The minimum atomic E-state index is -3.87. The summed E-state index contributed by atoms with van der Waals surface area (Å²) < 4.78 is 33.8. The van der Waals surface area contributed by atoms with E-state index in [9.17, 15) is 18.0 Å². The van der Waals surface area contributed by atoms with E-state index in [1.165, 1.54) is 11.4 Å². The molecule has 0 radical (unpaired) electrons. The van der Waals surface area contributed by atoms with Crippen molar-refractivity contribution >= 4 is 22.1 Å². The zero-order chi connectivity index (χ0) is 24.1. The first-order valence-electron chi connectivity index (χ1n) is 11.9. The first-order valence-corrected chi connectivity index (χ1v) is 13.3. The van der Waals surface area contributed by atoms with Crippen LogP contribution in [0.5, 0.6) is 5.88 Å². The zero-order valence-electron chi connectivity index (χ0n) is 19.4. The molecule has 11 heteroatoms. The third kappa shape index (κ3) is 5.87. The van der Waals surface area contributed by atoms with E-state index in [1.807, 2.05) is 0 Å². The van der Waals surface area contributed by atoms with E-state index >= 15 is 0 Å². The molecule has 4 rings (SSSR count). The van der Waals surface area contributed by atoms with Gasteiger partial charge in [0.25, 0.3) is 5.91 Å². The van der Waals surface area contributed by atoms with Crippen LogP contribution in [0, 0.1) is 23.7 Å². The number of pyridine rings is 1. The van der Waals surface area contributed by atoms with Crippen molar-refractivity contribution < 1.29 is 22.7 Å². The van der Waals surface area contributed by atoms with Gasteiger partial charge in [0.1, 0.15) is 5.56 Å². The predicted molar refractivity (Wildman–Crippen MR) is 126 cm³/mol. The summed E-state index contributed by atoms with van der Waals surface area (Å²) >= 11 is 0. The largest absolute Gasteiger partial charge is 0.480 e. The molecule has 2 aliphatic carbocycles. The molecule has 1 saturated carbocycles. The fourth-order valence-corrected chi connectivity index (χ4v) is 6.35. The maximum absolute atomic E-state index is 12.6. The third-order valence-corrected chi connectivity index (χ3v) is 8.61. The second-order valence-corrected chi connectivity index (χ2v) is 11.0. The van der Waals surface area contributed by atoms with Gasteiger partial charge in [-0.05, 0) is 67.9 Å². The number of amides is 3. The fraction of sp³-hybridized carbons (Fsp3) is 0.609. The van der Waals surface area contributed by atoms with Crippen molar-refractivity contribution in [3.63, 3.8) is 0 Å². The minimum Gasteiger partial charge on any atom is -0.480 e. The summed E-state index contributed by atoms with van der Waals surface area (Å²) in [5, 5.41) is 5.61. The molecule has 3 aliphatic rings. The van der Waals surface area contributed by atoms with Gasteiger partial charge in [0, 0.05) is 32.4 Å². The Morgan fingerprint density at radius 2 is 1.97 bits per heavy atom. The van der Waals surface area contributed by atoms with Gasteiger partial charge in [-0.2, -0.15) is 12.7 Å². The second-order valence-electron chi connectivity index (χ2n) is 9.30. The Kier molecular flexibility index (Phi) is 7.72. The summed E-state index contributed by atoms with van der Waals surface area (Å²) in [5.74, 6) is 1.82. The Labute approximate surface area is 200 Å². The van der Waals surface area contributed by atoms with Gasteiger partial charge in [0.2, 0.25) is 5.88 Å². The first-order chi connectivity index (χ1) is 16.4. The van der Waals surface area contributed by atoms with E-state index in [-0.39, 0.29) is 11.8 Å². The van der Waals surface area contributed by atoms with Crippen LogP contribution in [0.1, 0.15) is 42.5 Å². The van der Waals surface area contributed by atoms with Crippen molar-refractivity contribution in [2.75, 3.05) is 33.3 Å². The van der Waals surface area contributed by atoms with Gasteiger partial charge >= 0.3 is 16.2 Å². The molecule has 34 heavy (non-hydrogen) atoms. The smallest absolute Gasteiger partial charge is 0.329 e. The molecule has 3 atom stereocenters. The van der Waals surface area contributed by atoms with Gasteiger partial charge in [-0.15, -0.1) is 0 Å². The number of rotatable bonds is 9. The topological polar surface area (TPSA) is 130 Å². The lowest BCUT2D eigenvalue weighted by molar-refractivity contribution is 0.0946. The molecule has 2 bridgehead atoms. The number of urea groups is 1. The maximum atomic E-state index is 12.6. The molecule has 1 aromatic rings. The summed E-state index contributed by atoms with van der Waals surface area (Å²) in [6.45, 7) is 1.66. The molecule has 0 spiro atoms. The molecule has 10 nitrogen and oxygen atoms in total. The van der Waals surface area contributed by atoms with Crippen LogP contribution in [0.2, 0.25) is 0 Å². The number of ether oxygens (including phenoxy) is 1. The molecule has 3 amide bonds. The van der Waals surface area contributed by atoms with Gasteiger partial charge < -0.3 is 15.4 Å². The van der Waals surface area contributed by atoms with Crippen LogP contribution in [-0.4, -0.2) is 62.9 Å². The number of piperidine rings is 1. The highest BCUT2D eigenvalue weighted by molar-refractivity contribution is 7.87. The Morgan fingerprint density at radius 3 is 2.65 bits per heavy atom. The molecule has 186 valence electrons. The Morgan fingerprint density at radius 1 is 1.18 bits per heavy atom. The number of carbonyl (C=O) groups is 2. The van der Waals surface area contributed by atoms with Gasteiger partial charge in [-0.3, -0.25) is 4.79 Å². The minimum absolute atomic E-state index is 0.248. The third-order valence-electron chi connectivity index (χ3n) is 7.12. The van der Waals surface area contributed by atoms with Gasteiger partial charge in [-0.1, -0.05) is 12.2 Å². The average Bonchev–Trinajstić information content (AvgIpc) is 3.46. The number of hydrogen-bond donors (Lipinski definition) is 3. The van der Waals surface area contributed by atoms with E-state index in [0.29, 0.717) is 68.3 Å². The number of fused-ring (bicyclic) bond motifs is 2. The number of allylic oxidation sites excluding steroid dienone is 2. The van der Waals surface area contributed by atoms with Gasteiger partial charge in [0.15, 0.2) is 0 Å². The number of aromatic nitrogens is 1. The molecule has 2 heterocycles. The quantitative estimate of drug-likeness (QED) is 0.451. The molecule has 0 aromatic carbocycles. The molecule has 1 saturated heterocycles. The zero-order valence-corrected chi connectivity index (χ0v) is 20.2. The van der Waals surface area contributed by atoms with Crippen LogP contribution in [0.15, 0.2) is 30.5 Å². The van der Waals surface area contributed by atoms with Crippen LogP contribution < -0.4 is 20.1 Å². The first kappa shape index (κ1) is 24.5. The van der Waals surface area contributed by atoms with Crippen molar-refractivity contribution in [2.45, 2.75) is 32.1 Å². The molecule has 0 unspecified atom stereocenters. The van der Waals surface area contributed by atoms with Crippen LogP contribution >= 0.6 is 0 Å². The lowest BCUT2D eigenvalue weighted by atomic mass is 9.94. The average molecular weight is 492 g/mol. The SMILES string of the molecule is COc1ncccc1C(=O)NCCC1CCN(S(=O)(=O)NC(=O)NC[C@@H]2C[C@@H]3C=C[C@H]2C3)CC1. The van der Waals surface area contributed by atoms with Crippen molar-refractivity contribution in [3.05, 3.63) is 36.0 Å². The Bertz CT molecular complexity index is 1020. The van der Waals surface area contributed by atoms with E-state index in [1.54, 1.807) is 18.3 Å². The normalized spacial score (nSPS) is 24.7. The summed E-state index contributed by atoms with van der Waals surface area (Å²) in [4.78, 5) is 28.6. The highest BCUT2D eigenvalue weighted by Gasteiger charge is 2.36. The molecular weight excluding hydrogens is 458 g/mol. The Hall–Kier alpha value is -2.66. The number of nitrogens with one attached hydrogen (secondary N) is 3. The van der Waals surface area contributed by atoms with Crippen molar-refractivity contribution in [3.8, 4) is 5.88 Å². The van der Waals surface area contributed by atoms with Crippen molar-refractivity contribution in [1.29, 1.82) is 0 Å². The summed E-state index contributed by atoms with van der Waals surface area (Å²) in [6.07, 6.45) is 10.3. The Balaban J connectivity index is 1.15. The van der Waals surface area contributed by atoms with Crippen LogP contribution in [0.3, 0.4) is 0 Å². The predicted octanol–water partition coefficient (Wildman–Crippen LogP) is 1.68. The van der Waals surface area contributed by atoms with Crippen LogP contribution in [0.4, 0.5) is 4.79 Å². The summed E-state index contributed by atoms with van der Waals surface area (Å²) in [7, 11) is -2.40. The molecule has 1 aliphatic heterocycles. The van der Waals surface area contributed by atoms with E-state index in [2.05, 4.69) is 32.5 Å². The van der Waals surface area contributed by atoms with Crippen LogP contribution in [0.25, 0.3) is 0 Å². The molecular formula is C23H33N5O5S. The summed E-state index contributed by atoms with van der Waals surface area (Å²) in [5.41, 5.74) is 0.382. The highest BCUT2D eigenvalue weighted by Crippen LogP contribution is 2.42. The molecule has 2 fully saturated rings. The second kappa shape index (κ2) is 10.7. The van der Waals surface area contributed by atoms with Gasteiger partial charge in [-0.25, -0.2) is 14.5 Å². The molecule has 3 N–H and O–H groups in total. The highest BCUT2D eigenvalue weighted by atomic mass is 32.2. The standard InChI is InChI=1S/C23H33N5O5S/c1-33-22-20(3-2-9-25-22)21(29)24-10-6-16-7-11-28(12-8-16)34(31,32)27-23(30)26-15-19-14-17-4-5-18(19)13-17/h2-5,9,16-19H,6-8,10-15H2,1H3,(H,24,29)(H2,26,27,30)/t17-,18+,19+/m1/s1. The number of carbonyl (C=O) groups excluding carboxylic acids is 2. The number of nitrogens with zero attached hydrogens (tertiary/aromatic N) is 2. The summed E-state index contributed by atoms with van der Waals surface area (Å²) in [6, 6.07) is 2.67. The molecule has 1 aromatic heterocycles. The van der Waals surface area contributed by atoms with Crippen molar-refractivity contribution in [2.24, 2.45) is 23.7 Å². The number of hydrogen-bond acceptors (Lipinski definition) is 6. The van der Waals surface area contributed by atoms with E-state index in [4.69, 9.17) is 4.74 Å². The number of methoxy groups -OCH3 is 1. The monoisotopic (exact) mass is 491 g/mol. The van der Waals surface area contributed by atoms with Gasteiger partial charge in [0.05, 0.1) is 7.11 Å².